The number of unbranched alkanes of at least 4 members (excludes halogenated alkanes) is 15. The van der Waals surface area contributed by atoms with Gasteiger partial charge in [-0.3, -0.25) is 4.90 Å². The molecule has 0 aromatic carbocycles. The van der Waals surface area contributed by atoms with Gasteiger partial charge < -0.3 is 9.84 Å². The second-order valence-corrected chi connectivity index (χ2v) is 8.70. The van der Waals surface area contributed by atoms with Crippen LogP contribution in [0, 0.1) is 0 Å². The van der Waals surface area contributed by atoms with E-state index in [1.54, 1.807) is 0 Å². The minimum Gasteiger partial charge on any atom is -0.394 e. The molecule has 0 aromatic rings. The third-order valence-corrected chi connectivity index (χ3v) is 6.05. The highest BCUT2D eigenvalue weighted by atomic mass is 16.5. The van der Waals surface area contributed by atoms with Crippen molar-refractivity contribution in [3.63, 3.8) is 0 Å². The molecule has 0 saturated carbocycles. The first-order chi connectivity index (χ1) is 12.7. The summed E-state index contributed by atoms with van der Waals surface area (Å²) in [5, 5.41) is 9.51. The number of nitrogens with zero attached hydrogens (tertiary/aromatic N) is 1. The van der Waals surface area contributed by atoms with Gasteiger partial charge in [0.15, 0.2) is 0 Å². The molecule has 1 fully saturated rings. The largest absolute Gasteiger partial charge is 0.394 e. The van der Waals surface area contributed by atoms with Crippen molar-refractivity contribution in [3.8, 4) is 0 Å². The summed E-state index contributed by atoms with van der Waals surface area (Å²) in [4.78, 5) is 2.30. The van der Waals surface area contributed by atoms with Crippen LogP contribution in [0.1, 0.15) is 117 Å². The Hall–Kier alpha value is -0.120. The molecular formula is C23H47NO2. The summed E-state index contributed by atoms with van der Waals surface area (Å²) in [7, 11) is 0. The molecule has 1 heterocycles. The lowest BCUT2D eigenvalue weighted by molar-refractivity contribution is 0.0834. The molecule has 156 valence electrons. The normalized spacial score (nSPS) is 20.9. The SMILES string of the molecule is CCCCCCCCCCCCCCCCCCN1COCC1(C)CO. The summed E-state index contributed by atoms with van der Waals surface area (Å²) in [6.45, 7) is 7.02. The molecule has 0 radical (unpaired) electrons. The first kappa shape index (κ1) is 23.9. The monoisotopic (exact) mass is 369 g/mol. The Balaban J connectivity index is 1.76. The topological polar surface area (TPSA) is 32.7 Å². The van der Waals surface area contributed by atoms with Crippen LogP contribution in [0.15, 0.2) is 0 Å². The van der Waals surface area contributed by atoms with Gasteiger partial charge in [-0.2, -0.15) is 0 Å². The van der Waals surface area contributed by atoms with Gasteiger partial charge in [0.25, 0.3) is 0 Å². The van der Waals surface area contributed by atoms with Crippen molar-refractivity contribution in [2.45, 2.75) is 122 Å². The quantitative estimate of drug-likeness (QED) is 0.288. The van der Waals surface area contributed by atoms with E-state index >= 15 is 0 Å². The number of ether oxygens (including phenoxy) is 1. The molecule has 0 amide bonds. The third-order valence-electron chi connectivity index (χ3n) is 6.05. The predicted octanol–water partition coefficient (Wildman–Crippen LogP) is 6.29. The van der Waals surface area contributed by atoms with Gasteiger partial charge in [0.1, 0.15) is 0 Å². The molecule has 0 aliphatic carbocycles. The Morgan fingerprint density at radius 3 is 1.58 bits per heavy atom. The molecule has 1 saturated heterocycles. The summed E-state index contributed by atoms with van der Waals surface area (Å²) >= 11 is 0. The van der Waals surface area contributed by atoms with E-state index in [4.69, 9.17) is 4.74 Å². The van der Waals surface area contributed by atoms with Gasteiger partial charge in [0.2, 0.25) is 0 Å². The van der Waals surface area contributed by atoms with Crippen molar-refractivity contribution in [2.75, 3.05) is 26.5 Å². The fourth-order valence-corrected chi connectivity index (χ4v) is 3.95. The Bertz CT molecular complexity index is 311. The van der Waals surface area contributed by atoms with E-state index in [1.165, 1.54) is 103 Å². The third kappa shape index (κ3) is 10.9. The summed E-state index contributed by atoms with van der Waals surface area (Å²) in [5.41, 5.74) is -0.143. The number of hydrogen-bond donors (Lipinski definition) is 1. The van der Waals surface area contributed by atoms with E-state index in [0.29, 0.717) is 13.3 Å². The van der Waals surface area contributed by atoms with Crippen LogP contribution in [0.3, 0.4) is 0 Å². The maximum absolute atomic E-state index is 9.51. The maximum atomic E-state index is 9.51. The Kier molecular flexibility index (Phi) is 14.6. The van der Waals surface area contributed by atoms with E-state index in [-0.39, 0.29) is 12.1 Å². The fraction of sp³-hybridized carbons (Fsp3) is 1.00. The predicted molar refractivity (Wildman–Crippen MR) is 113 cm³/mol. The fourth-order valence-electron chi connectivity index (χ4n) is 3.95. The van der Waals surface area contributed by atoms with Crippen molar-refractivity contribution >= 4 is 0 Å². The number of aliphatic hydroxyl groups excluding tert-OH is 1. The first-order valence-electron chi connectivity index (χ1n) is 11.7. The van der Waals surface area contributed by atoms with E-state index in [9.17, 15) is 5.11 Å². The van der Waals surface area contributed by atoms with E-state index in [0.717, 1.165) is 6.54 Å². The van der Waals surface area contributed by atoms with Crippen LogP contribution in [0.25, 0.3) is 0 Å². The minimum absolute atomic E-state index is 0.143. The Morgan fingerprint density at radius 2 is 1.15 bits per heavy atom. The average molecular weight is 370 g/mol. The molecule has 1 rings (SSSR count). The highest BCUT2D eigenvalue weighted by molar-refractivity contribution is 4.88. The molecular weight excluding hydrogens is 322 g/mol. The maximum Gasteiger partial charge on any atom is 0.0997 e. The molecule has 1 N–H and O–H groups in total. The van der Waals surface area contributed by atoms with E-state index in [1.807, 2.05) is 0 Å². The minimum atomic E-state index is -0.143. The van der Waals surface area contributed by atoms with E-state index in [2.05, 4.69) is 18.7 Å². The molecule has 1 atom stereocenters. The summed E-state index contributed by atoms with van der Waals surface area (Å²) in [5.74, 6) is 0. The average Bonchev–Trinajstić information content (AvgIpc) is 3.02. The van der Waals surface area contributed by atoms with Gasteiger partial charge in [-0.15, -0.1) is 0 Å². The lowest BCUT2D eigenvalue weighted by atomic mass is 10.0. The first-order valence-corrected chi connectivity index (χ1v) is 11.7. The van der Waals surface area contributed by atoms with Crippen molar-refractivity contribution in [2.24, 2.45) is 0 Å². The Labute approximate surface area is 163 Å². The van der Waals surface area contributed by atoms with Gasteiger partial charge in [-0.05, 0) is 13.3 Å². The zero-order valence-corrected chi connectivity index (χ0v) is 17.9. The highest BCUT2D eigenvalue weighted by Gasteiger charge is 2.36. The van der Waals surface area contributed by atoms with Crippen molar-refractivity contribution in [3.05, 3.63) is 0 Å². The number of rotatable bonds is 18. The lowest BCUT2D eigenvalue weighted by Gasteiger charge is -2.30. The lowest BCUT2D eigenvalue weighted by Crippen LogP contribution is -2.46. The standard InChI is InChI=1S/C23H47NO2/c1-3-4-5-6-7-8-9-10-11-12-13-14-15-16-17-18-19-24-22-26-21-23(24,2)20-25/h25H,3-22H2,1-2H3. The van der Waals surface area contributed by atoms with Crippen LogP contribution in [0.4, 0.5) is 0 Å². The van der Waals surface area contributed by atoms with Gasteiger partial charge in [0.05, 0.1) is 25.5 Å². The van der Waals surface area contributed by atoms with Crippen molar-refractivity contribution in [1.29, 1.82) is 0 Å². The second-order valence-electron chi connectivity index (χ2n) is 8.70. The van der Waals surface area contributed by atoms with Crippen LogP contribution in [-0.2, 0) is 4.74 Å². The van der Waals surface area contributed by atoms with Gasteiger partial charge in [-0.1, -0.05) is 103 Å². The molecule has 1 unspecified atom stereocenters. The van der Waals surface area contributed by atoms with Gasteiger partial charge >= 0.3 is 0 Å². The second kappa shape index (κ2) is 15.9. The molecule has 26 heavy (non-hydrogen) atoms. The summed E-state index contributed by atoms with van der Waals surface area (Å²) in [6, 6.07) is 0. The van der Waals surface area contributed by atoms with Gasteiger partial charge in [-0.25, -0.2) is 0 Å². The van der Waals surface area contributed by atoms with Crippen LogP contribution in [0.5, 0.6) is 0 Å². The molecule has 1 aliphatic rings. The van der Waals surface area contributed by atoms with Crippen molar-refractivity contribution < 1.29 is 9.84 Å². The summed E-state index contributed by atoms with van der Waals surface area (Å²) < 4.78 is 5.51. The van der Waals surface area contributed by atoms with Crippen LogP contribution >= 0.6 is 0 Å². The zero-order chi connectivity index (χ0) is 18.9. The van der Waals surface area contributed by atoms with Crippen LogP contribution in [-0.4, -0.2) is 42.0 Å². The molecule has 0 bridgehead atoms. The van der Waals surface area contributed by atoms with Crippen LogP contribution < -0.4 is 0 Å². The number of aliphatic hydroxyl groups is 1. The molecule has 3 heteroatoms. The smallest absolute Gasteiger partial charge is 0.0997 e. The highest BCUT2D eigenvalue weighted by Crippen LogP contribution is 2.22. The molecule has 3 nitrogen and oxygen atoms in total. The summed E-state index contributed by atoms with van der Waals surface area (Å²) in [6.07, 6.45) is 22.6. The Morgan fingerprint density at radius 1 is 0.731 bits per heavy atom. The molecule has 0 spiro atoms. The zero-order valence-electron chi connectivity index (χ0n) is 17.9. The van der Waals surface area contributed by atoms with Crippen LogP contribution in [0.2, 0.25) is 0 Å². The molecule has 1 aliphatic heterocycles. The number of hydrogen-bond acceptors (Lipinski definition) is 3. The molecule has 0 aromatic heterocycles. The van der Waals surface area contributed by atoms with Gasteiger partial charge in [0, 0.05) is 6.54 Å². The van der Waals surface area contributed by atoms with E-state index < -0.39 is 0 Å². The van der Waals surface area contributed by atoms with Crippen molar-refractivity contribution in [1.82, 2.24) is 4.90 Å².